The summed E-state index contributed by atoms with van der Waals surface area (Å²) < 4.78 is 13.2. The zero-order chi connectivity index (χ0) is 13.7. The Morgan fingerprint density at radius 3 is 2.67 bits per heavy atom. The van der Waals surface area contributed by atoms with Gasteiger partial charge in [-0.15, -0.1) is 11.8 Å². The van der Waals surface area contributed by atoms with E-state index in [1.807, 2.05) is 20.8 Å². The van der Waals surface area contributed by atoms with Gasteiger partial charge >= 0.3 is 0 Å². The van der Waals surface area contributed by atoms with Gasteiger partial charge in [0.15, 0.2) is 0 Å². The molecule has 5 heteroatoms. The van der Waals surface area contributed by atoms with Gasteiger partial charge in [-0.2, -0.15) is 0 Å². The molecule has 0 aromatic heterocycles. The molecule has 1 unspecified atom stereocenters. The summed E-state index contributed by atoms with van der Waals surface area (Å²) in [5.74, 6) is 0.183. The molecule has 0 radical (unpaired) electrons. The first-order valence-corrected chi connectivity index (χ1v) is 6.86. The Bertz CT molecular complexity index is 423. The van der Waals surface area contributed by atoms with Gasteiger partial charge in [0.1, 0.15) is 5.82 Å². The van der Waals surface area contributed by atoms with Gasteiger partial charge in [0.2, 0.25) is 5.91 Å². The Labute approximate surface area is 111 Å². The predicted molar refractivity (Wildman–Crippen MR) is 74.0 cm³/mol. The van der Waals surface area contributed by atoms with Crippen molar-refractivity contribution in [3.05, 3.63) is 24.0 Å². The van der Waals surface area contributed by atoms with Gasteiger partial charge < -0.3 is 11.1 Å². The number of amides is 1. The number of carbonyl (C=O) groups is 1. The van der Waals surface area contributed by atoms with E-state index in [4.69, 9.17) is 5.73 Å². The molecule has 3 N–H and O–H groups in total. The van der Waals surface area contributed by atoms with E-state index in [0.717, 1.165) is 0 Å². The van der Waals surface area contributed by atoms with E-state index >= 15 is 0 Å². The minimum Gasteiger partial charge on any atom is -0.396 e. The number of nitrogen functional groups attached to an aromatic ring is 1. The number of benzene rings is 1. The minimum absolute atomic E-state index is 0.0431. The van der Waals surface area contributed by atoms with Crippen molar-refractivity contribution in [2.75, 3.05) is 11.5 Å². The summed E-state index contributed by atoms with van der Waals surface area (Å²) in [6.07, 6.45) is 0. The van der Waals surface area contributed by atoms with Crippen LogP contribution >= 0.6 is 11.8 Å². The van der Waals surface area contributed by atoms with Crippen LogP contribution in [0.1, 0.15) is 20.8 Å². The van der Waals surface area contributed by atoms with Crippen LogP contribution in [0.2, 0.25) is 0 Å². The van der Waals surface area contributed by atoms with Crippen LogP contribution in [-0.4, -0.2) is 17.7 Å². The molecule has 1 rings (SSSR count). The fraction of sp³-hybridized carbons (Fsp3) is 0.462. The maximum Gasteiger partial charge on any atom is 0.230 e. The molecule has 1 aromatic carbocycles. The normalized spacial score (nSPS) is 12.5. The summed E-state index contributed by atoms with van der Waals surface area (Å²) >= 11 is 1.30. The van der Waals surface area contributed by atoms with Gasteiger partial charge in [-0.25, -0.2) is 4.39 Å². The molecule has 1 atom stereocenters. The summed E-state index contributed by atoms with van der Waals surface area (Å²) in [5, 5.41) is 2.90. The molecule has 0 spiro atoms. The third kappa shape index (κ3) is 4.56. The Morgan fingerprint density at radius 2 is 2.11 bits per heavy atom. The van der Waals surface area contributed by atoms with Gasteiger partial charge in [0.25, 0.3) is 0 Å². The van der Waals surface area contributed by atoms with Crippen LogP contribution in [-0.2, 0) is 4.79 Å². The third-order valence-electron chi connectivity index (χ3n) is 2.73. The number of thioether (sulfide) groups is 1. The van der Waals surface area contributed by atoms with Crippen molar-refractivity contribution in [1.29, 1.82) is 0 Å². The second kappa shape index (κ2) is 6.64. The highest BCUT2D eigenvalue weighted by Gasteiger charge is 2.11. The van der Waals surface area contributed by atoms with E-state index in [1.54, 1.807) is 6.07 Å². The Hall–Kier alpha value is -1.23. The molecule has 0 bridgehead atoms. The van der Waals surface area contributed by atoms with Gasteiger partial charge in [-0.05, 0) is 31.0 Å². The Kier molecular flexibility index (Phi) is 5.47. The number of anilines is 1. The van der Waals surface area contributed by atoms with Crippen LogP contribution in [0, 0.1) is 11.7 Å². The maximum atomic E-state index is 13.2. The zero-order valence-electron chi connectivity index (χ0n) is 10.9. The van der Waals surface area contributed by atoms with Crippen molar-refractivity contribution in [3.8, 4) is 0 Å². The van der Waals surface area contributed by atoms with Crippen LogP contribution in [0.25, 0.3) is 0 Å². The number of halogens is 1. The number of hydrogen-bond donors (Lipinski definition) is 2. The van der Waals surface area contributed by atoms with E-state index in [1.165, 1.54) is 23.9 Å². The number of carbonyl (C=O) groups excluding carboxylic acids is 1. The molecule has 0 aliphatic rings. The second-order valence-corrected chi connectivity index (χ2v) is 5.62. The molecule has 3 nitrogen and oxygen atoms in total. The molecule has 0 aliphatic carbocycles. The van der Waals surface area contributed by atoms with E-state index in [2.05, 4.69) is 5.32 Å². The Balaban J connectivity index is 2.45. The van der Waals surface area contributed by atoms with Gasteiger partial charge in [0, 0.05) is 10.9 Å². The van der Waals surface area contributed by atoms with Crippen LogP contribution in [0.15, 0.2) is 23.1 Å². The molecule has 0 fully saturated rings. The number of nitrogens with two attached hydrogens (primary N) is 1. The first-order chi connectivity index (χ1) is 8.40. The van der Waals surface area contributed by atoms with Crippen molar-refractivity contribution < 1.29 is 9.18 Å². The monoisotopic (exact) mass is 270 g/mol. The van der Waals surface area contributed by atoms with Crippen molar-refractivity contribution in [1.82, 2.24) is 5.32 Å². The first-order valence-electron chi connectivity index (χ1n) is 5.87. The molecular formula is C13H19FN2OS. The maximum absolute atomic E-state index is 13.2. The lowest BCUT2D eigenvalue weighted by Crippen LogP contribution is -2.37. The van der Waals surface area contributed by atoms with E-state index in [9.17, 15) is 9.18 Å². The highest BCUT2D eigenvalue weighted by Crippen LogP contribution is 2.21. The molecule has 100 valence electrons. The van der Waals surface area contributed by atoms with Crippen molar-refractivity contribution in [2.45, 2.75) is 31.7 Å². The van der Waals surface area contributed by atoms with Crippen LogP contribution in [0.5, 0.6) is 0 Å². The molecule has 1 aromatic rings. The van der Waals surface area contributed by atoms with Gasteiger partial charge in [-0.3, -0.25) is 4.79 Å². The lowest BCUT2D eigenvalue weighted by Gasteiger charge is -2.17. The summed E-state index contributed by atoms with van der Waals surface area (Å²) in [6, 6.07) is 4.70. The lowest BCUT2D eigenvalue weighted by molar-refractivity contribution is -0.119. The third-order valence-corrected chi connectivity index (χ3v) is 3.72. The summed E-state index contributed by atoms with van der Waals surface area (Å²) in [4.78, 5) is 12.3. The lowest BCUT2D eigenvalue weighted by atomic mass is 10.1. The highest BCUT2D eigenvalue weighted by atomic mass is 32.2. The second-order valence-electron chi connectivity index (χ2n) is 4.57. The van der Waals surface area contributed by atoms with Crippen molar-refractivity contribution in [3.63, 3.8) is 0 Å². The molecule has 0 saturated heterocycles. The fourth-order valence-electron chi connectivity index (χ4n) is 1.21. The van der Waals surface area contributed by atoms with Crippen LogP contribution in [0.4, 0.5) is 10.1 Å². The van der Waals surface area contributed by atoms with E-state index < -0.39 is 5.82 Å². The van der Waals surface area contributed by atoms with Crippen LogP contribution in [0.3, 0.4) is 0 Å². The summed E-state index contributed by atoms with van der Waals surface area (Å²) in [7, 11) is 0. The largest absolute Gasteiger partial charge is 0.396 e. The predicted octanol–water partition coefficient (Wildman–Crippen LogP) is 2.66. The fourth-order valence-corrected chi connectivity index (χ4v) is 1.94. The zero-order valence-corrected chi connectivity index (χ0v) is 11.7. The number of hydrogen-bond acceptors (Lipinski definition) is 3. The topological polar surface area (TPSA) is 55.1 Å². The SMILES string of the molecule is CC(C)C(C)NC(=O)CSc1ccc(N)c(F)c1. The minimum atomic E-state index is -0.448. The molecule has 0 saturated carbocycles. The molecule has 0 heterocycles. The van der Waals surface area contributed by atoms with E-state index in [-0.39, 0.29) is 23.4 Å². The summed E-state index contributed by atoms with van der Waals surface area (Å²) in [6.45, 7) is 6.07. The highest BCUT2D eigenvalue weighted by molar-refractivity contribution is 8.00. The average molecular weight is 270 g/mol. The summed E-state index contributed by atoms with van der Waals surface area (Å²) in [5.41, 5.74) is 5.50. The number of nitrogens with one attached hydrogen (secondary N) is 1. The standard InChI is InChI=1S/C13H19FN2OS/c1-8(2)9(3)16-13(17)7-18-10-4-5-12(15)11(14)6-10/h4-6,8-9H,7,15H2,1-3H3,(H,16,17). The van der Waals surface area contributed by atoms with Gasteiger partial charge in [-0.1, -0.05) is 13.8 Å². The average Bonchev–Trinajstić information content (AvgIpc) is 2.30. The van der Waals surface area contributed by atoms with Crippen molar-refractivity contribution in [2.24, 2.45) is 5.92 Å². The quantitative estimate of drug-likeness (QED) is 0.639. The Morgan fingerprint density at radius 1 is 1.44 bits per heavy atom. The molecule has 1 amide bonds. The van der Waals surface area contributed by atoms with Crippen molar-refractivity contribution >= 4 is 23.4 Å². The van der Waals surface area contributed by atoms with E-state index in [0.29, 0.717) is 10.8 Å². The number of rotatable bonds is 5. The van der Waals surface area contributed by atoms with Gasteiger partial charge in [0.05, 0.1) is 11.4 Å². The smallest absolute Gasteiger partial charge is 0.230 e. The van der Waals surface area contributed by atoms with Crippen LogP contribution < -0.4 is 11.1 Å². The molecule has 18 heavy (non-hydrogen) atoms. The molecule has 0 aliphatic heterocycles. The molecular weight excluding hydrogens is 251 g/mol. The first kappa shape index (κ1) is 14.8.